The molecule has 1 aliphatic rings. The summed E-state index contributed by atoms with van der Waals surface area (Å²) in [6.45, 7) is 4.30. The molecule has 98 valence electrons. The molecule has 0 radical (unpaired) electrons. The fraction of sp³-hybridized carbons (Fsp3) is 0.375. The van der Waals surface area contributed by atoms with Crippen molar-refractivity contribution in [2.45, 2.75) is 25.7 Å². The molecule has 3 heteroatoms. The summed E-state index contributed by atoms with van der Waals surface area (Å²) in [5.41, 5.74) is 2.92. The Kier molecular flexibility index (Phi) is 3.45. The predicted molar refractivity (Wildman–Crippen MR) is 77.4 cm³/mol. The average molecular weight is 253 g/mol. The number of hydrogen-bond donors (Lipinski definition) is 0. The van der Waals surface area contributed by atoms with Crippen molar-refractivity contribution in [2.24, 2.45) is 0 Å². The summed E-state index contributed by atoms with van der Waals surface area (Å²) in [5.74, 6) is 1.55. The lowest BCUT2D eigenvalue weighted by Crippen LogP contribution is -2.34. The predicted octanol–water partition coefficient (Wildman–Crippen LogP) is 3.17. The lowest BCUT2D eigenvalue weighted by molar-refractivity contribution is 0.498. The van der Waals surface area contributed by atoms with Gasteiger partial charge in [-0.15, -0.1) is 0 Å². The first-order valence-corrected chi connectivity index (χ1v) is 6.92. The van der Waals surface area contributed by atoms with E-state index in [1.54, 1.807) is 0 Å². The summed E-state index contributed by atoms with van der Waals surface area (Å²) < 4.78 is 0. The Balaban J connectivity index is 1.69. The highest BCUT2D eigenvalue weighted by Gasteiger charge is 2.22. The molecule has 2 aromatic rings. The van der Waals surface area contributed by atoms with Gasteiger partial charge in [-0.25, -0.2) is 9.97 Å². The maximum atomic E-state index is 4.33. The number of rotatable bonds is 2. The van der Waals surface area contributed by atoms with Crippen molar-refractivity contribution in [3.05, 3.63) is 53.9 Å². The normalized spacial score (nSPS) is 16.6. The van der Waals surface area contributed by atoms with E-state index in [1.165, 1.54) is 24.0 Å². The first-order chi connectivity index (χ1) is 9.34. The van der Waals surface area contributed by atoms with Gasteiger partial charge in [-0.1, -0.05) is 24.3 Å². The Morgan fingerprint density at radius 2 is 1.68 bits per heavy atom. The molecule has 1 aromatic heterocycles. The van der Waals surface area contributed by atoms with Gasteiger partial charge < -0.3 is 4.90 Å². The van der Waals surface area contributed by atoms with Crippen LogP contribution in [0.2, 0.25) is 0 Å². The van der Waals surface area contributed by atoms with Crippen molar-refractivity contribution in [3.63, 3.8) is 0 Å². The molecular weight excluding hydrogens is 234 g/mol. The zero-order valence-corrected chi connectivity index (χ0v) is 11.3. The number of aromatic nitrogens is 2. The summed E-state index contributed by atoms with van der Waals surface area (Å²) in [5, 5.41) is 0. The van der Waals surface area contributed by atoms with Gasteiger partial charge in [0.1, 0.15) is 0 Å². The van der Waals surface area contributed by atoms with Crippen LogP contribution in [0, 0.1) is 6.92 Å². The van der Waals surface area contributed by atoms with E-state index in [1.807, 2.05) is 18.5 Å². The largest absolute Gasteiger partial charge is 0.341 e. The minimum Gasteiger partial charge on any atom is -0.341 e. The van der Waals surface area contributed by atoms with Crippen LogP contribution in [0.15, 0.2) is 42.7 Å². The number of anilines is 1. The van der Waals surface area contributed by atoms with Crippen LogP contribution in [0.3, 0.4) is 0 Å². The van der Waals surface area contributed by atoms with Gasteiger partial charge in [0.2, 0.25) is 5.95 Å². The molecule has 0 atom stereocenters. The van der Waals surface area contributed by atoms with Crippen LogP contribution < -0.4 is 4.90 Å². The molecule has 0 saturated carbocycles. The van der Waals surface area contributed by atoms with E-state index in [0.717, 1.165) is 19.0 Å². The maximum Gasteiger partial charge on any atom is 0.225 e. The molecule has 0 N–H and O–H groups in total. The van der Waals surface area contributed by atoms with Crippen LogP contribution in [0.25, 0.3) is 0 Å². The first kappa shape index (κ1) is 12.2. The third-order valence-electron chi connectivity index (χ3n) is 3.96. The molecule has 1 aromatic carbocycles. The molecular formula is C16H19N3. The number of benzene rings is 1. The zero-order valence-electron chi connectivity index (χ0n) is 11.3. The Morgan fingerprint density at radius 1 is 1.00 bits per heavy atom. The summed E-state index contributed by atoms with van der Waals surface area (Å²) >= 11 is 0. The highest BCUT2D eigenvalue weighted by Crippen LogP contribution is 2.30. The second kappa shape index (κ2) is 5.39. The van der Waals surface area contributed by atoms with E-state index < -0.39 is 0 Å². The van der Waals surface area contributed by atoms with E-state index in [2.05, 4.69) is 46.1 Å². The second-order valence-electron chi connectivity index (χ2n) is 5.17. The van der Waals surface area contributed by atoms with Crippen molar-refractivity contribution in [2.75, 3.05) is 18.0 Å². The minimum atomic E-state index is 0.682. The van der Waals surface area contributed by atoms with Crippen molar-refractivity contribution in [1.29, 1.82) is 0 Å². The monoisotopic (exact) mass is 253 g/mol. The van der Waals surface area contributed by atoms with E-state index in [4.69, 9.17) is 0 Å². The van der Waals surface area contributed by atoms with Gasteiger partial charge in [-0.2, -0.15) is 0 Å². The van der Waals surface area contributed by atoms with Gasteiger partial charge in [0.15, 0.2) is 0 Å². The van der Waals surface area contributed by atoms with Crippen molar-refractivity contribution >= 4 is 5.95 Å². The van der Waals surface area contributed by atoms with Gasteiger partial charge in [0, 0.05) is 25.5 Å². The molecule has 0 amide bonds. The molecule has 1 saturated heterocycles. The Bertz CT molecular complexity index is 531. The molecule has 0 aliphatic carbocycles. The highest BCUT2D eigenvalue weighted by molar-refractivity contribution is 5.33. The van der Waals surface area contributed by atoms with Crippen molar-refractivity contribution in [3.8, 4) is 0 Å². The van der Waals surface area contributed by atoms with E-state index in [9.17, 15) is 0 Å². The lowest BCUT2D eigenvalue weighted by atomic mass is 9.87. The smallest absolute Gasteiger partial charge is 0.225 e. The zero-order chi connectivity index (χ0) is 13.1. The number of nitrogens with zero attached hydrogens (tertiary/aromatic N) is 3. The maximum absolute atomic E-state index is 4.33. The fourth-order valence-electron chi connectivity index (χ4n) is 2.89. The Labute approximate surface area is 114 Å². The van der Waals surface area contributed by atoms with Crippen LogP contribution in [-0.4, -0.2) is 23.1 Å². The topological polar surface area (TPSA) is 29.0 Å². The fourth-order valence-corrected chi connectivity index (χ4v) is 2.89. The number of hydrogen-bond acceptors (Lipinski definition) is 3. The second-order valence-corrected chi connectivity index (χ2v) is 5.17. The molecule has 1 aliphatic heterocycles. The van der Waals surface area contributed by atoms with Crippen LogP contribution in [0.1, 0.15) is 29.9 Å². The summed E-state index contributed by atoms with van der Waals surface area (Å²) in [6, 6.07) is 10.6. The van der Waals surface area contributed by atoms with E-state index in [0.29, 0.717) is 5.92 Å². The third kappa shape index (κ3) is 2.60. The quantitative estimate of drug-likeness (QED) is 0.823. The molecule has 0 bridgehead atoms. The molecule has 19 heavy (non-hydrogen) atoms. The van der Waals surface area contributed by atoms with Crippen LogP contribution in [0.5, 0.6) is 0 Å². The van der Waals surface area contributed by atoms with E-state index in [-0.39, 0.29) is 0 Å². The van der Waals surface area contributed by atoms with Gasteiger partial charge in [-0.3, -0.25) is 0 Å². The highest BCUT2D eigenvalue weighted by atomic mass is 15.2. The lowest BCUT2D eigenvalue weighted by Gasteiger charge is -2.32. The molecule has 3 nitrogen and oxygen atoms in total. The van der Waals surface area contributed by atoms with Crippen LogP contribution in [0.4, 0.5) is 5.95 Å². The first-order valence-electron chi connectivity index (χ1n) is 6.92. The van der Waals surface area contributed by atoms with Crippen LogP contribution >= 0.6 is 0 Å². The average Bonchev–Trinajstić information content (AvgIpc) is 2.49. The summed E-state index contributed by atoms with van der Waals surface area (Å²) in [6.07, 6.45) is 6.00. The van der Waals surface area contributed by atoms with Crippen molar-refractivity contribution < 1.29 is 0 Å². The van der Waals surface area contributed by atoms with Crippen molar-refractivity contribution in [1.82, 2.24) is 9.97 Å². The van der Waals surface area contributed by atoms with Gasteiger partial charge in [0.05, 0.1) is 0 Å². The standard InChI is InChI=1S/C16H19N3/c1-13-5-2-3-6-15(13)14-7-11-19(12-8-14)16-17-9-4-10-18-16/h2-6,9-10,14H,7-8,11-12H2,1H3. The number of piperidine rings is 1. The van der Waals surface area contributed by atoms with Gasteiger partial charge in [0.25, 0.3) is 0 Å². The summed E-state index contributed by atoms with van der Waals surface area (Å²) in [4.78, 5) is 11.0. The van der Waals surface area contributed by atoms with E-state index >= 15 is 0 Å². The third-order valence-corrected chi connectivity index (χ3v) is 3.96. The van der Waals surface area contributed by atoms with Crippen LogP contribution in [-0.2, 0) is 0 Å². The molecule has 0 unspecified atom stereocenters. The Morgan fingerprint density at radius 3 is 2.37 bits per heavy atom. The molecule has 3 rings (SSSR count). The minimum absolute atomic E-state index is 0.682. The summed E-state index contributed by atoms with van der Waals surface area (Å²) in [7, 11) is 0. The molecule has 0 spiro atoms. The Hall–Kier alpha value is -1.90. The SMILES string of the molecule is Cc1ccccc1C1CCN(c2ncccn2)CC1. The van der Waals surface area contributed by atoms with Gasteiger partial charge in [-0.05, 0) is 42.9 Å². The molecule has 2 heterocycles. The number of aryl methyl sites for hydroxylation is 1. The van der Waals surface area contributed by atoms with Gasteiger partial charge >= 0.3 is 0 Å². The molecule has 1 fully saturated rings.